The van der Waals surface area contributed by atoms with Gasteiger partial charge in [0.25, 0.3) is 5.91 Å². The average Bonchev–Trinajstić information content (AvgIpc) is 2.83. The van der Waals surface area contributed by atoms with Gasteiger partial charge in [-0.2, -0.15) is 0 Å². The Labute approximate surface area is 111 Å². The van der Waals surface area contributed by atoms with E-state index in [1.165, 1.54) is 0 Å². The molecule has 0 atom stereocenters. The van der Waals surface area contributed by atoms with Crippen molar-refractivity contribution in [2.24, 2.45) is 0 Å². The first kappa shape index (κ1) is 13.1. The van der Waals surface area contributed by atoms with Crippen molar-refractivity contribution in [2.45, 2.75) is 20.4 Å². The number of amides is 1. The zero-order valence-electron chi connectivity index (χ0n) is 10.9. The summed E-state index contributed by atoms with van der Waals surface area (Å²) < 4.78 is 4.92. The van der Waals surface area contributed by atoms with Gasteiger partial charge in [-0.15, -0.1) is 0 Å². The lowest BCUT2D eigenvalue weighted by Crippen LogP contribution is -2.23. The first-order valence-electron chi connectivity index (χ1n) is 6.09. The number of aromatic nitrogens is 2. The molecule has 6 nitrogen and oxygen atoms in total. The van der Waals surface area contributed by atoms with Crippen LogP contribution < -0.4 is 10.6 Å². The van der Waals surface area contributed by atoms with Crippen LogP contribution in [0.15, 0.2) is 28.9 Å². The molecule has 2 heterocycles. The summed E-state index contributed by atoms with van der Waals surface area (Å²) in [5.74, 6) is 1.29. The second-order valence-corrected chi connectivity index (χ2v) is 4.07. The predicted molar refractivity (Wildman–Crippen MR) is 70.8 cm³/mol. The molecule has 0 aromatic carbocycles. The molecule has 2 aromatic rings. The van der Waals surface area contributed by atoms with Crippen molar-refractivity contribution in [2.75, 3.05) is 11.9 Å². The standard InChI is InChI=1S/C13H16N4O2/c1-3-14-12-5-4-10(7-15-12)13(18)16-8-11-6-9(2)19-17-11/h4-7H,3,8H2,1-2H3,(H,14,15)(H,16,18). The summed E-state index contributed by atoms with van der Waals surface area (Å²) >= 11 is 0. The zero-order valence-corrected chi connectivity index (χ0v) is 10.9. The SMILES string of the molecule is CCNc1ccc(C(=O)NCc2cc(C)on2)cn1. The van der Waals surface area contributed by atoms with Crippen molar-refractivity contribution in [3.63, 3.8) is 0 Å². The molecule has 0 fully saturated rings. The fourth-order valence-corrected chi connectivity index (χ4v) is 1.59. The minimum Gasteiger partial charge on any atom is -0.370 e. The Morgan fingerprint density at radius 2 is 2.26 bits per heavy atom. The summed E-state index contributed by atoms with van der Waals surface area (Å²) in [6.07, 6.45) is 1.54. The van der Waals surface area contributed by atoms with Gasteiger partial charge in [-0.25, -0.2) is 4.98 Å². The number of rotatable bonds is 5. The van der Waals surface area contributed by atoms with Gasteiger partial charge in [0, 0.05) is 18.8 Å². The molecule has 0 aliphatic heterocycles. The molecule has 0 aliphatic carbocycles. The van der Waals surface area contributed by atoms with E-state index in [-0.39, 0.29) is 5.91 Å². The highest BCUT2D eigenvalue weighted by Crippen LogP contribution is 2.05. The summed E-state index contributed by atoms with van der Waals surface area (Å²) in [4.78, 5) is 16.0. The number of carbonyl (C=O) groups is 1. The second kappa shape index (κ2) is 5.99. The number of aryl methyl sites for hydroxylation is 1. The molecule has 1 amide bonds. The highest BCUT2D eigenvalue weighted by atomic mass is 16.5. The largest absolute Gasteiger partial charge is 0.370 e. The molecule has 6 heteroatoms. The highest BCUT2D eigenvalue weighted by molar-refractivity contribution is 5.93. The van der Waals surface area contributed by atoms with Crippen LogP contribution in [0.4, 0.5) is 5.82 Å². The minimum absolute atomic E-state index is 0.184. The van der Waals surface area contributed by atoms with Crippen LogP contribution in [0.2, 0.25) is 0 Å². The van der Waals surface area contributed by atoms with Crippen LogP contribution in [0.3, 0.4) is 0 Å². The Morgan fingerprint density at radius 3 is 2.84 bits per heavy atom. The van der Waals surface area contributed by atoms with Crippen molar-refractivity contribution >= 4 is 11.7 Å². The fourth-order valence-electron chi connectivity index (χ4n) is 1.59. The van der Waals surface area contributed by atoms with Crippen molar-refractivity contribution < 1.29 is 9.32 Å². The molecule has 0 bridgehead atoms. The van der Waals surface area contributed by atoms with E-state index in [0.29, 0.717) is 17.8 Å². The summed E-state index contributed by atoms with van der Waals surface area (Å²) in [7, 11) is 0. The zero-order chi connectivity index (χ0) is 13.7. The Kier molecular flexibility index (Phi) is 4.12. The first-order chi connectivity index (χ1) is 9.19. The van der Waals surface area contributed by atoms with Gasteiger partial charge in [-0.3, -0.25) is 4.79 Å². The molecule has 0 saturated carbocycles. The number of anilines is 1. The monoisotopic (exact) mass is 260 g/mol. The number of pyridine rings is 1. The smallest absolute Gasteiger partial charge is 0.253 e. The third kappa shape index (κ3) is 3.54. The summed E-state index contributed by atoms with van der Waals surface area (Å²) in [5.41, 5.74) is 1.21. The van der Waals surface area contributed by atoms with Gasteiger partial charge in [0.2, 0.25) is 0 Å². The first-order valence-corrected chi connectivity index (χ1v) is 6.09. The van der Waals surface area contributed by atoms with E-state index in [0.717, 1.165) is 18.1 Å². The van der Waals surface area contributed by atoms with Crippen LogP contribution in [0.5, 0.6) is 0 Å². The molecular weight excluding hydrogens is 244 g/mol. The van der Waals surface area contributed by atoms with Gasteiger partial charge in [-0.05, 0) is 26.0 Å². The van der Waals surface area contributed by atoms with E-state index in [1.807, 2.05) is 13.8 Å². The van der Waals surface area contributed by atoms with Crippen LogP contribution in [0.25, 0.3) is 0 Å². The molecule has 2 rings (SSSR count). The van der Waals surface area contributed by atoms with Gasteiger partial charge in [0.15, 0.2) is 0 Å². The van der Waals surface area contributed by atoms with Crippen LogP contribution in [0.1, 0.15) is 28.7 Å². The van der Waals surface area contributed by atoms with Gasteiger partial charge in [-0.1, -0.05) is 5.16 Å². The second-order valence-electron chi connectivity index (χ2n) is 4.07. The third-order valence-electron chi connectivity index (χ3n) is 2.49. The molecule has 2 N–H and O–H groups in total. The van der Waals surface area contributed by atoms with E-state index in [9.17, 15) is 4.79 Å². The molecular formula is C13H16N4O2. The number of carbonyl (C=O) groups excluding carboxylic acids is 1. The third-order valence-corrected chi connectivity index (χ3v) is 2.49. The molecule has 0 saturated heterocycles. The van der Waals surface area contributed by atoms with Crippen LogP contribution >= 0.6 is 0 Å². The molecule has 19 heavy (non-hydrogen) atoms. The molecule has 0 spiro atoms. The van der Waals surface area contributed by atoms with E-state index in [4.69, 9.17) is 4.52 Å². The normalized spacial score (nSPS) is 10.2. The lowest BCUT2D eigenvalue weighted by atomic mass is 10.2. The van der Waals surface area contributed by atoms with Crippen molar-refractivity contribution in [3.8, 4) is 0 Å². The van der Waals surface area contributed by atoms with E-state index >= 15 is 0 Å². The fraction of sp³-hybridized carbons (Fsp3) is 0.308. The van der Waals surface area contributed by atoms with E-state index in [2.05, 4.69) is 20.8 Å². The number of nitrogens with one attached hydrogen (secondary N) is 2. The number of hydrogen-bond acceptors (Lipinski definition) is 5. The molecule has 2 aromatic heterocycles. The summed E-state index contributed by atoms with van der Waals surface area (Å²) in [6.45, 7) is 4.93. The minimum atomic E-state index is -0.184. The summed E-state index contributed by atoms with van der Waals surface area (Å²) in [5, 5.41) is 9.63. The van der Waals surface area contributed by atoms with Crippen molar-refractivity contribution in [1.29, 1.82) is 0 Å². The van der Waals surface area contributed by atoms with Crippen molar-refractivity contribution in [1.82, 2.24) is 15.5 Å². The maximum Gasteiger partial charge on any atom is 0.253 e. The van der Waals surface area contributed by atoms with Gasteiger partial charge >= 0.3 is 0 Å². The molecule has 0 unspecified atom stereocenters. The number of nitrogens with zero attached hydrogens (tertiary/aromatic N) is 2. The lowest BCUT2D eigenvalue weighted by molar-refractivity contribution is 0.0950. The maximum absolute atomic E-state index is 11.9. The summed E-state index contributed by atoms with van der Waals surface area (Å²) in [6, 6.07) is 5.29. The quantitative estimate of drug-likeness (QED) is 0.856. The molecule has 100 valence electrons. The van der Waals surface area contributed by atoms with Gasteiger partial charge in [0.05, 0.1) is 12.1 Å². The predicted octanol–water partition coefficient (Wildman–Crippen LogP) is 1.74. The molecule has 0 aliphatic rings. The Hall–Kier alpha value is -2.37. The van der Waals surface area contributed by atoms with E-state index in [1.54, 1.807) is 24.4 Å². The van der Waals surface area contributed by atoms with Crippen LogP contribution in [-0.4, -0.2) is 22.6 Å². The number of hydrogen-bond donors (Lipinski definition) is 2. The van der Waals surface area contributed by atoms with Gasteiger partial charge in [0.1, 0.15) is 17.3 Å². The maximum atomic E-state index is 11.9. The van der Waals surface area contributed by atoms with Crippen LogP contribution in [0, 0.1) is 6.92 Å². The van der Waals surface area contributed by atoms with E-state index < -0.39 is 0 Å². The highest BCUT2D eigenvalue weighted by Gasteiger charge is 2.07. The van der Waals surface area contributed by atoms with Crippen LogP contribution in [-0.2, 0) is 6.54 Å². The average molecular weight is 260 g/mol. The topological polar surface area (TPSA) is 80.0 Å². The lowest BCUT2D eigenvalue weighted by Gasteiger charge is -2.04. The Bertz CT molecular complexity index is 548. The van der Waals surface area contributed by atoms with Gasteiger partial charge < -0.3 is 15.2 Å². The Morgan fingerprint density at radius 1 is 1.42 bits per heavy atom. The Balaban J connectivity index is 1.92. The molecule has 0 radical (unpaired) electrons. The van der Waals surface area contributed by atoms with Crippen molar-refractivity contribution in [3.05, 3.63) is 41.4 Å².